The van der Waals surface area contributed by atoms with Gasteiger partial charge in [0.25, 0.3) is 0 Å². The predicted octanol–water partition coefficient (Wildman–Crippen LogP) is 3.61. The van der Waals surface area contributed by atoms with Crippen molar-refractivity contribution in [2.75, 3.05) is 20.3 Å². The second kappa shape index (κ2) is 13.1. The van der Waals surface area contributed by atoms with E-state index in [1.807, 2.05) is 30.3 Å². The summed E-state index contributed by atoms with van der Waals surface area (Å²) in [6.07, 6.45) is 6.19. The van der Waals surface area contributed by atoms with Gasteiger partial charge in [-0.15, -0.1) is 19.7 Å². The van der Waals surface area contributed by atoms with E-state index in [4.69, 9.17) is 14.9 Å². The Morgan fingerprint density at radius 2 is 1.59 bits per heavy atom. The fourth-order valence-corrected chi connectivity index (χ4v) is 2.52. The van der Waals surface area contributed by atoms with Crippen LogP contribution in [0.2, 0.25) is 0 Å². The smallest absolute Gasteiger partial charge is 0.118 e. The molecule has 2 atom stereocenters. The van der Waals surface area contributed by atoms with Gasteiger partial charge in [-0.05, 0) is 48.8 Å². The normalized spacial score (nSPS) is 19.2. The van der Waals surface area contributed by atoms with Crippen molar-refractivity contribution in [1.82, 2.24) is 0 Å². The predicted molar refractivity (Wildman–Crippen MR) is 93.2 cm³/mol. The molecule has 0 spiro atoms. The summed E-state index contributed by atoms with van der Waals surface area (Å²) >= 11 is 0. The largest absolute Gasteiger partial charge is 0.497 e. The van der Waals surface area contributed by atoms with E-state index in [0.717, 1.165) is 25.0 Å². The molecule has 0 amide bonds. The van der Waals surface area contributed by atoms with Gasteiger partial charge >= 0.3 is 0 Å². The molecule has 2 N–H and O–H groups in total. The zero-order valence-electron chi connectivity index (χ0n) is 13.7. The molecule has 0 aromatic heterocycles. The fourth-order valence-electron chi connectivity index (χ4n) is 2.52. The zero-order valence-corrected chi connectivity index (χ0v) is 13.7. The first kappa shape index (κ1) is 20.4. The Balaban J connectivity index is 0.000000366. The van der Waals surface area contributed by atoms with Gasteiger partial charge < -0.3 is 14.9 Å². The molecule has 124 valence electrons. The van der Waals surface area contributed by atoms with Crippen molar-refractivity contribution in [2.45, 2.75) is 25.7 Å². The summed E-state index contributed by atoms with van der Waals surface area (Å²) < 4.78 is 5.02. The number of methoxy groups -OCH3 is 1. The first-order chi connectivity index (χ1) is 10.7. The number of hydrogen-bond donors (Lipinski definition) is 2. The molecule has 2 rings (SSSR count). The van der Waals surface area contributed by atoms with E-state index < -0.39 is 0 Å². The molecule has 1 aromatic carbocycles. The number of rotatable bonds is 5. The van der Waals surface area contributed by atoms with Gasteiger partial charge in [0.2, 0.25) is 0 Å². The van der Waals surface area contributed by atoms with Crippen molar-refractivity contribution in [3.05, 3.63) is 55.6 Å². The monoisotopic (exact) mass is 306 g/mol. The molecule has 1 aliphatic carbocycles. The SMILES string of the molecule is C=C.C=CCc1ccc(OC)cc1.OCC1CCCC1CO. The lowest BCUT2D eigenvalue weighted by molar-refractivity contribution is 0.141. The molecule has 0 heterocycles. The van der Waals surface area contributed by atoms with Crippen LogP contribution < -0.4 is 4.74 Å². The lowest BCUT2D eigenvalue weighted by Gasteiger charge is -2.12. The molecule has 2 unspecified atom stereocenters. The second-order valence-electron chi connectivity index (χ2n) is 5.16. The van der Waals surface area contributed by atoms with Crippen molar-refractivity contribution < 1.29 is 14.9 Å². The first-order valence-corrected chi connectivity index (χ1v) is 7.70. The van der Waals surface area contributed by atoms with Crippen LogP contribution in [-0.4, -0.2) is 30.5 Å². The maximum Gasteiger partial charge on any atom is 0.118 e. The summed E-state index contributed by atoms with van der Waals surface area (Å²) in [7, 11) is 1.67. The average molecular weight is 306 g/mol. The number of aliphatic hydroxyl groups excluding tert-OH is 2. The Morgan fingerprint density at radius 3 is 1.95 bits per heavy atom. The minimum absolute atomic E-state index is 0.255. The molecule has 0 bridgehead atoms. The van der Waals surface area contributed by atoms with Gasteiger partial charge in [0.05, 0.1) is 7.11 Å². The van der Waals surface area contributed by atoms with Crippen LogP contribution in [0.15, 0.2) is 50.1 Å². The number of ether oxygens (including phenoxy) is 1. The minimum atomic E-state index is 0.255. The van der Waals surface area contributed by atoms with E-state index in [-0.39, 0.29) is 13.2 Å². The maximum absolute atomic E-state index is 8.76. The number of hydrogen-bond acceptors (Lipinski definition) is 3. The third-order valence-corrected chi connectivity index (χ3v) is 3.82. The van der Waals surface area contributed by atoms with Crippen molar-refractivity contribution in [3.8, 4) is 5.75 Å². The molecule has 1 aromatic rings. The topological polar surface area (TPSA) is 49.7 Å². The highest BCUT2D eigenvalue weighted by Crippen LogP contribution is 2.30. The van der Waals surface area contributed by atoms with Crippen LogP contribution in [0.4, 0.5) is 0 Å². The van der Waals surface area contributed by atoms with Gasteiger partial charge in [-0.1, -0.05) is 24.6 Å². The lowest BCUT2D eigenvalue weighted by atomic mass is 9.98. The van der Waals surface area contributed by atoms with E-state index >= 15 is 0 Å². The maximum atomic E-state index is 8.76. The molecule has 22 heavy (non-hydrogen) atoms. The van der Waals surface area contributed by atoms with Gasteiger partial charge in [0.1, 0.15) is 5.75 Å². The Labute approximate surface area is 135 Å². The van der Waals surface area contributed by atoms with Crippen molar-refractivity contribution in [2.24, 2.45) is 11.8 Å². The summed E-state index contributed by atoms with van der Waals surface area (Å²) in [6.45, 7) is 10.2. The van der Waals surface area contributed by atoms with Crippen molar-refractivity contribution >= 4 is 0 Å². The number of benzene rings is 1. The van der Waals surface area contributed by atoms with Gasteiger partial charge in [0, 0.05) is 13.2 Å². The third-order valence-electron chi connectivity index (χ3n) is 3.82. The van der Waals surface area contributed by atoms with E-state index in [1.165, 1.54) is 12.0 Å². The zero-order chi connectivity index (χ0) is 16.8. The van der Waals surface area contributed by atoms with E-state index in [9.17, 15) is 0 Å². The molecule has 0 aliphatic heterocycles. The van der Waals surface area contributed by atoms with Crippen LogP contribution in [-0.2, 0) is 6.42 Å². The Bertz CT molecular complexity index is 376. The lowest BCUT2D eigenvalue weighted by Crippen LogP contribution is -2.15. The summed E-state index contributed by atoms with van der Waals surface area (Å²) in [5.41, 5.74) is 1.26. The van der Waals surface area contributed by atoms with Crippen LogP contribution in [0.25, 0.3) is 0 Å². The Kier molecular flexibility index (Phi) is 12.2. The van der Waals surface area contributed by atoms with Crippen LogP contribution in [0.5, 0.6) is 5.75 Å². The van der Waals surface area contributed by atoms with Gasteiger partial charge in [-0.25, -0.2) is 0 Å². The second-order valence-corrected chi connectivity index (χ2v) is 5.16. The highest BCUT2D eigenvalue weighted by Gasteiger charge is 2.25. The number of aliphatic hydroxyl groups is 2. The van der Waals surface area contributed by atoms with E-state index in [2.05, 4.69) is 19.7 Å². The first-order valence-electron chi connectivity index (χ1n) is 7.70. The average Bonchev–Trinajstić information content (AvgIpc) is 3.06. The summed E-state index contributed by atoms with van der Waals surface area (Å²) in [4.78, 5) is 0. The summed E-state index contributed by atoms with van der Waals surface area (Å²) in [5.74, 6) is 1.67. The summed E-state index contributed by atoms with van der Waals surface area (Å²) in [5, 5.41) is 17.5. The van der Waals surface area contributed by atoms with Crippen molar-refractivity contribution in [1.29, 1.82) is 0 Å². The molecule has 0 saturated heterocycles. The van der Waals surface area contributed by atoms with Gasteiger partial charge in [0.15, 0.2) is 0 Å². The molecule has 3 heteroatoms. The standard InChI is InChI=1S/C10H12O.C7H14O2.C2H4/c1-3-4-9-5-7-10(11-2)8-6-9;8-4-6-2-1-3-7(6)5-9;1-2/h3,5-8H,1,4H2,2H3;6-9H,1-5H2;1-2H2. The number of allylic oxidation sites excluding steroid dienone is 1. The molecular formula is C19H30O3. The molecule has 3 nitrogen and oxygen atoms in total. The highest BCUT2D eigenvalue weighted by atomic mass is 16.5. The van der Waals surface area contributed by atoms with Crippen LogP contribution in [0.1, 0.15) is 24.8 Å². The van der Waals surface area contributed by atoms with Gasteiger partial charge in [-0.2, -0.15) is 0 Å². The van der Waals surface area contributed by atoms with E-state index in [0.29, 0.717) is 11.8 Å². The van der Waals surface area contributed by atoms with Crippen LogP contribution >= 0.6 is 0 Å². The minimum Gasteiger partial charge on any atom is -0.497 e. The molecular weight excluding hydrogens is 276 g/mol. The van der Waals surface area contributed by atoms with Crippen LogP contribution in [0.3, 0.4) is 0 Å². The Hall–Kier alpha value is -1.58. The highest BCUT2D eigenvalue weighted by molar-refractivity contribution is 5.28. The molecule has 1 fully saturated rings. The molecule has 1 aliphatic rings. The van der Waals surface area contributed by atoms with Gasteiger partial charge in [-0.3, -0.25) is 0 Å². The Morgan fingerprint density at radius 1 is 1.09 bits per heavy atom. The van der Waals surface area contributed by atoms with Crippen molar-refractivity contribution in [3.63, 3.8) is 0 Å². The quantitative estimate of drug-likeness (QED) is 0.817. The van der Waals surface area contributed by atoms with Crippen LogP contribution in [0, 0.1) is 11.8 Å². The summed E-state index contributed by atoms with van der Waals surface area (Å²) in [6, 6.07) is 8.00. The molecule has 1 saturated carbocycles. The third kappa shape index (κ3) is 7.43. The fraction of sp³-hybridized carbons (Fsp3) is 0.474. The van der Waals surface area contributed by atoms with E-state index in [1.54, 1.807) is 7.11 Å². The molecule has 0 radical (unpaired) electrons.